The van der Waals surface area contributed by atoms with Crippen LogP contribution in [0.4, 0.5) is 13.2 Å². The number of aromatic nitrogens is 3. The Labute approximate surface area is 158 Å². The molecule has 0 radical (unpaired) electrons. The molecule has 0 N–H and O–H groups in total. The number of imidazole rings is 1. The first-order chi connectivity index (χ1) is 13.4. The summed E-state index contributed by atoms with van der Waals surface area (Å²) in [5.74, 6) is 0.453. The lowest BCUT2D eigenvalue weighted by molar-refractivity contribution is -0.137. The lowest BCUT2D eigenvalue weighted by Crippen LogP contribution is -2.30. The summed E-state index contributed by atoms with van der Waals surface area (Å²) in [4.78, 5) is 22.8. The standard InChI is InChI=1S/C19H17F3N4O2/c20-19(21,22)13-3-5-14(6-4-13)28-16-8-7-15-18(24-16)26(12-23-15)11-17(27)25-9-1-2-10-25/h3-8,12H,1-2,9-11H2. The van der Waals surface area contributed by atoms with Crippen LogP contribution < -0.4 is 4.74 Å². The zero-order valence-corrected chi connectivity index (χ0v) is 14.8. The van der Waals surface area contributed by atoms with Gasteiger partial charge >= 0.3 is 6.18 Å². The van der Waals surface area contributed by atoms with Crippen LogP contribution in [-0.4, -0.2) is 38.4 Å². The van der Waals surface area contributed by atoms with Crippen molar-refractivity contribution in [3.63, 3.8) is 0 Å². The smallest absolute Gasteiger partial charge is 0.416 e. The number of amides is 1. The maximum absolute atomic E-state index is 12.7. The van der Waals surface area contributed by atoms with Gasteiger partial charge in [0.25, 0.3) is 0 Å². The van der Waals surface area contributed by atoms with Crippen LogP contribution >= 0.6 is 0 Å². The molecule has 1 aromatic carbocycles. The number of hydrogen-bond acceptors (Lipinski definition) is 4. The van der Waals surface area contributed by atoms with Crippen LogP contribution in [0.15, 0.2) is 42.7 Å². The number of carbonyl (C=O) groups is 1. The lowest BCUT2D eigenvalue weighted by Gasteiger charge is -2.15. The first-order valence-electron chi connectivity index (χ1n) is 8.85. The average Bonchev–Trinajstić information content (AvgIpc) is 3.32. The monoisotopic (exact) mass is 390 g/mol. The van der Waals surface area contributed by atoms with Gasteiger partial charge in [-0.1, -0.05) is 0 Å². The lowest BCUT2D eigenvalue weighted by atomic mass is 10.2. The highest BCUT2D eigenvalue weighted by Gasteiger charge is 2.30. The van der Waals surface area contributed by atoms with E-state index in [1.165, 1.54) is 12.1 Å². The molecule has 0 spiro atoms. The van der Waals surface area contributed by atoms with Gasteiger partial charge in [0.2, 0.25) is 11.8 Å². The zero-order valence-electron chi connectivity index (χ0n) is 14.8. The molecule has 0 atom stereocenters. The second-order valence-electron chi connectivity index (χ2n) is 6.58. The van der Waals surface area contributed by atoms with Crippen LogP contribution in [0.3, 0.4) is 0 Å². The Morgan fingerprint density at radius 2 is 1.79 bits per heavy atom. The van der Waals surface area contributed by atoms with Crippen molar-refractivity contribution < 1.29 is 22.7 Å². The summed E-state index contributed by atoms with van der Waals surface area (Å²) in [6.07, 6.45) is -0.822. The summed E-state index contributed by atoms with van der Waals surface area (Å²) in [5.41, 5.74) is 0.340. The van der Waals surface area contributed by atoms with Gasteiger partial charge in [0.15, 0.2) is 5.65 Å². The first kappa shape index (κ1) is 18.3. The third-order valence-corrected chi connectivity index (χ3v) is 4.61. The number of pyridine rings is 1. The maximum Gasteiger partial charge on any atom is 0.416 e. The quantitative estimate of drug-likeness (QED) is 0.679. The summed E-state index contributed by atoms with van der Waals surface area (Å²) in [6, 6.07) is 7.66. The topological polar surface area (TPSA) is 60.3 Å². The van der Waals surface area contributed by atoms with Gasteiger partial charge < -0.3 is 14.2 Å². The average molecular weight is 390 g/mol. The third-order valence-electron chi connectivity index (χ3n) is 4.61. The number of hydrogen-bond donors (Lipinski definition) is 0. The van der Waals surface area contributed by atoms with Crippen molar-refractivity contribution in [3.05, 3.63) is 48.3 Å². The summed E-state index contributed by atoms with van der Waals surface area (Å²) < 4.78 is 45.2. The van der Waals surface area contributed by atoms with Crippen LogP contribution in [0, 0.1) is 0 Å². The van der Waals surface area contributed by atoms with Gasteiger partial charge in [-0.3, -0.25) is 4.79 Å². The third kappa shape index (κ3) is 3.78. The Hall–Kier alpha value is -3.10. The van der Waals surface area contributed by atoms with Crippen molar-refractivity contribution in [2.45, 2.75) is 25.6 Å². The highest BCUT2D eigenvalue weighted by atomic mass is 19.4. The van der Waals surface area contributed by atoms with Crippen LogP contribution in [0.25, 0.3) is 11.2 Å². The van der Waals surface area contributed by atoms with Crippen LogP contribution in [0.1, 0.15) is 18.4 Å². The second-order valence-corrected chi connectivity index (χ2v) is 6.58. The van der Waals surface area contributed by atoms with E-state index in [-0.39, 0.29) is 24.1 Å². The first-order valence-corrected chi connectivity index (χ1v) is 8.85. The molecule has 0 aliphatic carbocycles. The number of rotatable bonds is 4. The summed E-state index contributed by atoms with van der Waals surface area (Å²) >= 11 is 0. The van der Waals surface area contributed by atoms with Crippen LogP contribution in [0.5, 0.6) is 11.6 Å². The number of alkyl halides is 3. The van der Waals surface area contributed by atoms with Crippen LogP contribution in [0.2, 0.25) is 0 Å². The van der Waals surface area contributed by atoms with E-state index in [0.29, 0.717) is 11.2 Å². The minimum atomic E-state index is -4.40. The number of ether oxygens (including phenoxy) is 1. The van der Waals surface area contributed by atoms with E-state index in [2.05, 4.69) is 9.97 Å². The highest BCUT2D eigenvalue weighted by Crippen LogP contribution is 2.31. The minimum Gasteiger partial charge on any atom is -0.439 e. The van der Waals surface area contributed by atoms with Gasteiger partial charge in [0.05, 0.1) is 11.9 Å². The Kier molecular flexibility index (Phi) is 4.66. The minimum absolute atomic E-state index is 0.00709. The van der Waals surface area contributed by atoms with Gasteiger partial charge in [-0.2, -0.15) is 18.2 Å². The molecule has 28 heavy (non-hydrogen) atoms. The van der Waals surface area contributed by atoms with Gasteiger partial charge in [-0.05, 0) is 43.2 Å². The largest absolute Gasteiger partial charge is 0.439 e. The Bertz CT molecular complexity index is 993. The number of nitrogens with zero attached hydrogens (tertiary/aromatic N) is 4. The number of likely N-dealkylation sites (tertiary alicyclic amines) is 1. The molecule has 4 rings (SSSR count). The van der Waals surface area contributed by atoms with Crippen molar-refractivity contribution in [1.29, 1.82) is 0 Å². The predicted octanol–water partition coefficient (Wildman–Crippen LogP) is 3.86. The van der Waals surface area contributed by atoms with Crippen molar-refractivity contribution in [2.75, 3.05) is 13.1 Å². The van der Waals surface area contributed by atoms with Gasteiger partial charge in [0, 0.05) is 19.2 Å². The van der Waals surface area contributed by atoms with E-state index < -0.39 is 11.7 Å². The molecule has 3 aromatic rings. The summed E-state index contributed by atoms with van der Waals surface area (Å²) in [6.45, 7) is 1.66. The number of fused-ring (bicyclic) bond motifs is 1. The number of carbonyl (C=O) groups excluding carboxylic acids is 1. The van der Waals surface area contributed by atoms with Crippen molar-refractivity contribution in [1.82, 2.24) is 19.4 Å². The predicted molar refractivity (Wildman–Crippen MR) is 94.9 cm³/mol. The fourth-order valence-electron chi connectivity index (χ4n) is 3.14. The van der Waals surface area contributed by atoms with Gasteiger partial charge in [-0.25, -0.2) is 4.98 Å². The summed E-state index contributed by atoms with van der Waals surface area (Å²) in [5, 5.41) is 0. The molecule has 2 aromatic heterocycles. The normalized spacial score (nSPS) is 14.6. The summed E-state index contributed by atoms with van der Waals surface area (Å²) in [7, 11) is 0. The van der Waals surface area contributed by atoms with Crippen LogP contribution in [-0.2, 0) is 17.5 Å². The molecule has 1 aliphatic heterocycles. The van der Waals surface area contributed by atoms with Gasteiger partial charge in [-0.15, -0.1) is 0 Å². The SMILES string of the molecule is O=C(Cn1cnc2ccc(Oc3ccc(C(F)(F)F)cc3)nc21)N1CCCC1. The molecule has 6 nitrogen and oxygen atoms in total. The Morgan fingerprint density at radius 3 is 2.46 bits per heavy atom. The molecule has 1 aliphatic rings. The van der Waals surface area contributed by atoms with Crippen molar-refractivity contribution in [3.8, 4) is 11.6 Å². The van der Waals surface area contributed by atoms with Crippen molar-refractivity contribution in [2.24, 2.45) is 0 Å². The van der Waals surface area contributed by atoms with E-state index in [9.17, 15) is 18.0 Å². The molecule has 1 saturated heterocycles. The molecular weight excluding hydrogens is 373 g/mol. The zero-order chi connectivity index (χ0) is 19.7. The molecule has 1 fully saturated rings. The molecule has 9 heteroatoms. The second kappa shape index (κ2) is 7.14. The Balaban J connectivity index is 1.53. The molecule has 3 heterocycles. The van der Waals surface area contributed by atoms with E-state index >= 15 is 0 Å². The molecule has 0 saturated carbocycles. The fourth-order valence-corrected chi connectivity index (χ4v) is 3.14. The molecule has 1 amide bonds. The van der Waals surface area contributed by atoms with E-state index in [0.717, 1.165) is 38.1 Å². The van der Waals surface area contributed by atoms with Crippen molar-refractivity contribution >= 4 is 17.1 Å². The molecule has 146 valence electrons. The molecule has 0 unspecified atom stereocenters. The number of benzene rings is 1. The van der Waals surface area contributed by atoms with E-state index in [4.69, 9.17) is 4.74 Å². The molecule has 0 bridgehead atoms. The van der Waals surface area contributed by atoms with E-state index in [1.807, 2.05) is 4.90 Å². The number of halogens is 3. The molecular formula is C19H17F3N4O2. The Morgan fingerprint density at radius 1 is 1.07 bits per heavy atom. The van der Waals surface area contributed by atoms with Gasteiger partial charge in [0.1, 0.15) is 17.8 Å². The highest BCUT2D eigenvalue weighted by molar-refractivity contribution is 5.79. The fraction of sp³-hybridized carbons (Fsp3) is 0.316. The maximum atomic E-state index is 12.7. The van der Waals surface area contributed by atoms with E-state index in [1.54, 1.807) is 23.0 Å².